The van der Waals surface area contributed by atoms with Crippen LogP contribution in [0.5, 0.6) is 0 Å². The predicted octanol–water partition coefficient (Wildman–Crippen LogP) is 3.46. The third-order valence-corrected chi connectivity index (χ3v) is 4.24. The zero-order valence-electron chi connectivity index (χ0n) is 12.8. The highest BCUT2D eigenvalue weighted by Crippen LogP contribution is 2.28. The van der Waals surface area contributed by atoms with Gasteiger partial charge in [0.05, 0.1) is 34.3 Å². The van der Waals surface area contributed by atoms with Crippen LogP contribution in [0.2, 0.25) is 10.0 Å². The molecule has 2 heterocycles. The molecule has 8 heteroatoms. The second kappa shape index (κ2) is 7.07. The van der Waals surface area contributed by atoms with Crippen molar-refractivity contribution >= 4 is 29.1 Å². The van der Waals surface area contributed by atoms with Gasteiger partial charge in [0.1, 0.15) is 12.4 Å². The molecule has 0 aliphatic carbocycles. The monoisotopic (exact) mass is 363 g/mol. The van der Waals surface area contributed by atoms with Crippen LogP contribution in [-0.4, -0.2) is 25.4 Å². The lowest BCUT2D eigenvalue weighted by molar-refractivity contribution is -0.122. The van der Waals surface area contributed by atoms with E-state index in [1.165, 1.54) is 0 Å². The van der Waals surface area contributed by atoms with Crippen LogP contribution in [0.3, 0.4) is 0 Å². The lowest BCUT2D eigenvalue weighted by Gasteiger charge is -2.11. The van der Waals surface area contributed by atoms with Crippen LogP contribution in [0.4, 0.5) is 0 Å². The van der Waals surface area contributed by atoms with E-state index in [9.17, 15) is 4.79 Å². The predicted molar refractivity (Wildman–Crippen MR) is 92.8 cm³/mol. The molecular formula is C16H15Cl2N5O. The fourth-order valence-corrected chi connectivity index (χ4v) is 2.57. The smallest absolute Gasteiger partial charge is 0.240 e. The van der Waals surface area contributed by atoms with Gasteiger partial charge in [-0.3, -0.25) is 4.79 Å². The molecule has 2 N–H and O–H groups in total. The summed E-state index contributed by atoms with van der Waals surface area (Å²) in [6.07, 6.45) is 6.67. The van der Waals surface area contributed by atoms with Gasteiger partial charge in [0.25, 0.3) is 0 Å². The average molecular weight is 364 g/mol. The Labute approximate surface area is 148 Å². The van der Waals surface area contributed by atoms with E-state index in [0.717, 1.165) is 11.3 Å². The molecule has 0 spiro atoms. The number of amides is 1. The fraction of sp³-hybridized carbons (Fsp3) is 0.188. The molecule has 2 aromatic heterocycles. The summed E-state index contributed by atoms with van der Waals surface area (Å²) in [4.78, 5) is 23.4. The molecule has 0 aliphatic heterocycles. The van der Waals surface area contributed by atoms with Crippen molar-refractivity contribution < 1.29 is 4.79 Å². The summed E-state index contributed by atoms with van der Waals surface area (Å²) in [5.41, 5.74) is 1.68. The Hall–Kier alpha value is -2.31. The standard InChI is InChI=1S/C16H15Cl2N5O/c1-10(21-15(24)8-23-5-4-19-9-23)16-20-7-14(22-16)11-2-3-12(17)13(18)6-11/h2-7,9-10H,8H2,1H3,(H,20,22)(H,21,24). The first kappa shape index (κ1) is 16.5. The molecule has 24 heavy (non-hydrogen) atoms. The van der Waals surface area contributed by atoms with Crippen molar-refractivity contribution in [2.75, 3.05) is 0 Å². The van der Waals surface area contributed by atoms with Crippen LogP contribution in [0.25, 0.3) is 11.3 Å². The van der Waals surface area contributed by atoms with Crippen LogP contribution >= 0.6 is 23.2 Å². The number of imidazole rings is 2. The van der Waals surface area contributed by atoms with Gasteiger partial charge in [-0.15, -0.1) is 0 Å². The van der Waals surface area contributed by atoms with E-state index in [1.54, 1.807) is 41.6 Å². The van der Waals surface area contributed by atoms with E-state index >= 15 is 0 Å². The van der Waals surface area contributed by atoms with Gasteiger partial charge in [-0.25, -0.2) is 9.97 Å². The van der Waals surface area contributed by atoms with Crippen LogP contribution in [0.1, 0.15) is 18.8 Å². The van der Waals surface area contributed by atoms with E-state index < -0.39 is 0 Å². The Morgan fingerprint density at radius 1 is 1.38 bits per heavy atom. The summed E-state index contributed by atoms with van der Waals surface area (Å²) >= 11 is 12.0. The molecule has 0 fully saturated rings. The molecule has 0 saturated heterocycles. The highest BCUT2D eigenvalue weighted by atomic mass is 35.5. The van der Waals surface area contributed by atoms with Gasteiger partial charge in [-0.1, -0.05) is 29.3 Å². The molecule has 6 nitrogen and oxygen atoms in total. The van der Waals surface area contributed by atoms with E-state index in [2.05, 4.69) is 20.3 Å². The first-order chi connectivity index (χ1) is 11.5. The van der Waals surface area contributed by atoms with Crippen molar-refractivity contribution in [3.63, 3.8) is 0 Å². The van der Waals surface area contributed by atoms with Gasteiger partial charge in [0.2, 0.25) is 5.91 Å². The normalized spacial score (nSPS) is 12.1. The number of aromatic amines is 1. The van der Waals surface area contributed by atoms with Crippen molar-refractivity contribution in [1.29, 1.82) is 0 Å². The van der Waals surface area contributed by atoms with Gasteiger partial charge in [0, 0.05) is 18.0 Å². The minimum absolute atomic E-state index is 0.118. The molecule has 0 saturated carbocycles. The van der Waals surface area contributed by atoms with E-state index in [4.69, 9.17) is 23.2 Å². The number of nitrogens with zero attached hydrogens (tertiary/aromatic N) is 3. The lowest BCUT2D eigenvalue weighted by Crippen LogP contribution is -2.30. The molecule has 3 aromatic rings. The van der Waals surface area contributed by atoms with Gasteiger partial charge >= 0.3 is 0 Å². The molecule has 124 valence electrons. The van der Waals surface area contributed by atoms with E-state index in [0.29, 0.717) is 15.9 Å². The second-order valence-electron chi connectivity index (χ2n) is 5.34. The molecule has 1 aromatic carbocycles. The Morgan fingerprint density at radius 3 is 2.92 bits per heavy atom. The number of hydrogen-bond donors (Lipinski definition) is 2. The molecule has 1 unspecified atom stereocenters. The molecule has 0 aliphatic rings. The van der Waals surface area contributed by atoms with E-state index in [1.807, 2.05) is 13.0 Å². The number of aromatic nitrogens is 4. The first-order valence-electron chi connectivity index (χ1n) is 7.28. The van der Waals surface area contributed by atoms with Crippen molar-refractivity contribution in [2.45, 2.75) is 19.5 Å². The van der Waals surface area contributed by atoms with E-state index in [-0.39, 0.29) is 18.5 Å². The summed E-state index contributed by atoms with van der Waals surface area (Å²) in [5, 5.41) is 3.87. The SMILES string of the molecule is CC(NC(=O)Cn1ccnc1)c1ncc(-c2ccc(Cl)c(Cl)c2)[nH]1. The Bertz CT molecular complexity index is 844. The van der Waals surface area contributed by atoms with Crippen molar-refractivity contribution in [3.05, 3.63) is 59.0 Å². The van der Waals surface area contributed by atoms with Gasteiger partial charge in [0.15, 0.2) is 0 Å². The van der Waals surface area contributed by atoms with Crippen LogP contribution < -0.4 is 5.32 Å². The molecule has 1 atom stereocenters. The minimum Gasteiger partial charge on any atom is -0.345 e. The van der Waals surface area contributed by atoms with Crippen molar-refractivity contribution in [1.82, 2.24) is 24.8 Å². The summed E-state index contributed by atoms with van der Waals surface area (Å²) in [6.45, 7) is 2.08. The molecule has 3 rings (SSSR count). The third kappa shape index (κ3) is 3.77. The Morgan fingerprint density at radius 2 is 2.21 bits per heavy atom. The number of halogens is 2. The number of nitrogens with one attached hydrogen (secondary N) is 2. The zero-order chi connectivity index (χ0) is 17.1. The first-order valence-corrected chi connectivity index (χ1v) is 8.04. The van der Waals surface area contributed by atoms with Gasteiger partial charge in [-0.2, -0.15) is 0 Å². The number of hydrogen-bond acceptors (Lipinski definition) is 3. The molecule has 0 bridgehead atoms. The quantitative estimate of drug-likeness (QED) is 0.728. The summed E-state index contributed by atoms with van der Waals surface area (Å²) < 4.78 is 1.70. The second-order valence-corrected chi connectivity index (χ2v) is 6.15. The highest BCUT2D eigenvalue weighted by Gasteiger charge is 2.14. The Balaban J connectivity index is 1.68. The summed E-state index contributed by atoms with van der Waals surface area (Å²) in [7, 11) is 0. The number of rotatable bonds is 5. The van der Waals surface area contributed by atoms with Crippen LogP contribution in [0, 0.1) is 0 Å². The molecular weight excluding hydrogens is 349 g/mol. The molecule has 1 amide bonds. The van der Waals surface area contributed by atoms with Crippen molar-refractivity contribution in [3.8, 4) is 11.3 Å². The summed E-state index contributed by atoms with van der Waals surface area (Å²) in [6, 6.07) is 5.10. The van der Waals surface area contributed by atoms with Crippen LogP contribution in [-0.2, 0) is 11.3 Å². The number of H-pyrrole nitrogens is 1. The minimum atomic E-state index is -0.252. The highest BCUT2D eigenvalue weighted by molar-refractivity contribution is 6.42. The molecule has 0 radical (unpaired) electrons. The maximum atomic E-state index is 12.0. The lowest BCUT2D eigenvalue weighted by atomic mass is 10.2. The number of carbonyl (C=O) groups is 1. The van der Waals surface area contributed by atoms with Gasteiger partial charge < -0.3 is 14.9 Å². The topological polar surface area (TPSA) is 75.6 Å². The summed E-state index contributed by atoms with van der Waals surface area (Å²) in [5.74, 6) is 0.544. The number of carbonyl (C=O) groups excluding carboxylic acids is 1. The van der Waals surface area contributed by atoms with Crippen molar-refractivity contribution in [2.24, 2.45) is 0 Å². The Kier molecular flexibility index (Phi) is 4.87. The maximum Gasteiger partial charge on any atom is 0.240 e. The third-order valence-electron chi connectivity index (χ3n) is 3.50. The average Bonchev–Trinajstić information content (AvgIpc) is 3.21. The van der Waals surface area contributed by atoms with Crippen LogP contribution in [0.15, 0.2) is 43.1 Å². The fourth-order valence-electron chi connectivity index (χ4n) is 2.27. The van der Waals surface area contributed by atoms with Gasteiger partial charge in [-0.05, 0) is 19.1 Å². The zero-order valence-corrected chi connectivity index (χ0v) is 14.3. The number of benzene rings is 1. The largest absolute Gasteiger partial charge is 0.345 e. The maximum absolute atomic E-state index is 12.0.